The number of likely N-dealkylation sites (tertiary alicyclic amines) is 1. The minimum atomic E-state index is -0.323. The summed E-state index contributed by atoms with van der Waals surface area (Å²) < 4.78 is 0. The molecule has 2 atom stereocenters. The highest BCUT2D eigenvalue weighted by molar-refractivity contribution is 5.98. The third-order valence-electron chi connectivity index (χ3n) is 4.31. The van der Waals surface area contributed by atoms with Crippen LogP contribution in [0.25, 0.3) is 10.9 Å². The minimum Gasteiger partial charge on any atom is -0.369 e. The van der Waals surface area contributed by atoms with Gasteiger partial charge in [-0.25, -0.2) is 0 Å². The van der Waals surface area contributed by atoms with Gasteiger partial charge in [-0.2, -0.15) is 0 Å². The van der Waals surface area contributed by atoms with Gasteiger partial charge in [0.1, 0.15) is 5.69 Å². The average molecular weight is 285 g/mol. The number of aromatic nitrogens is 1. The quantitative estimate of drug-likeness (QED) is 0.883. The highest BCUT2D eigenvalue weighted by Crippen LogP contribution is 2.24. The lowest BCUT2D eigenvalue weighted by Gasteiger charge is -2.36. The third-order valence-corrected chi connectivity index (χ3v) is 4.31. The van der Waals surface area contributed by atoms with Crippen molar-refractivity contribution in [3.05, 3.63) is 36.0 Å². The zero-order valence-electron chi connectivity index (χ0n) is 12.0. The lowest BCUT2D eigenvalue weighted by Crippen LogP contribution is -2.48. The Morgan fingerprint density at radius 1 is 1.29 bits per heavy atom. The van der Waals surface area contributed by atoms with Crippen molar-refractivity contribution in [1.82, 2.24) is 9.88 Å². The van der Waals surface area contributed by atoms with Gasteiger partial charge >= 0.3 is 0 Å². The molecule has 1 aliphatic rings. The second-order valence-electron chi connectivity index (χ2n) is 5.75. The molecule has 2 aromatic rings. The van der Waals surface area contributed by atoms with Crippen LogP contribution in [-0.2, 0) is 4.79 Å². The van der Waals surface area contributed by atoms with Crippen molar-refractivity contribution >= 4 is 22.7 Å². The van der Waals surface area contributed by atoms with Gasteiger partial charge in [0.25, 0.3) is 5.91 Å². The Morgan fingerprint density at radius 3 is 2.76 bits per heavy atom. The number of H-pyrrole nitrogens is 1. The summed E-state index contributed by atoms with van der Waals surface area (Å²) in [7, 11) is 0. The van der Waals surface area contributed by atoms with E-state index in [4.69, 9.17) is 5.73 Å². The average Bonchev–Trinajstić information content (AvgIpc) is 2.90. The number of carbonyl (C=O) groups is 2. The molecule has 2 heterocycles. The SMILES string of the molecule is C[C@@H]1CC[C@H](C(N)=O)CN1C(=O)c1cc2ccccc2[nH]1. The molecular formula is C16H19N3O2. The van der Waals surface area contributed by atoms with Crippen LogP contribution in [0, 0.1) is 5.92 Å². The van der Waals surface area contributed by atoms with Gasteiger partial charge in [-0.05, 0) is 31.9 Å². The number of primary amides is 1. The second-order valence-corrected chi connectivity index (χ2v) is 5.75. The highest BCUT2D eigenvalue weighted by Gasteiger charge is 2.32. The molecule has 1 aliphatic heterocycles. The summed E-state index contributed by atoms with van der Waals surface area (Å²) in [5.41, 5.74) is 6.90. The molecule has 1 aromatic carbocycles. The van der Waals surface area contributed by atoms with Crippen LogP contribution in [0.2, 0.25) is 0 Å². The van der Waals surface area contributed by atoms with Crippen LogP contribution < -0.4 is 5.73 Å². The normalized spacial score (nSPS) is 22.4. The van der Waals surface area contributed by atoms with Crippen molar-refractivity contribution < 1.29 is 9.59 Å². The fourth-order valence-electron chi connectivity index (χ4n) is 2.97. The lowest BCUT2D eigenvalue weighted by atomic mass is 9.92. The van der Waals surface area contributed by atoms with E-state index in [1.54, 1.807) is 4.90 Å². The number of amides is 2. The number of hydrogen-bond donors (Lipinski definition) is 2. The number of nitrogens with two attached hydrogens (primary N) is 1. The Hall–Kier alpha value is -2.30. The molecule has 0 radical (unpaired) electrons. The number of para-hydroxylation sites is 1. The number of fused-ring (bicyclic) bond motifs is 1. The van der Waals surface area contributed by atoms with Gasteiger partial charge in [0.15, 0.2) is 0 Å². The zero-order chi connectivity index (χ0) is 15.0. The molecule has 3 rings (SSSR count). The fourth-order valence-corrected chi connectivity index (χ4v) is 2.97. The van der Waals surface area contributed by atoms with Crippen molar-refractivity contribution in [2.75, 3.05) is 6.54 Å². The van der Waals surface area contributed by atoms with Crippen molar-refractivity contribution in [1.29, 1.82) is 0 Å². The summed E-state index contributed by atoms with van der Waals surface area (Å²) in [6.45, 7) is 2.42. The molecule has 0 unspecified atom stereocenters. The van der Waals surface area contributed by atoms with E-state index in [1.807, 2.05) is 37.3 Å². The highest BCUT2D eigenvalue weighted by atomic mass is 16.2. The zero-order valence-corrected chi connectivity index (χ0v) is 12.0. The van der Waals surface area contributed by atoms with Crippen molar-refractivity contribution in [2.45, 2.75) is 25.8 Å². The Balaban J connectivity index is 1.87. The van der Waals surface area contributed by atoms with Gasteiger partial charge in [-0.15, -0.1) is 0 Å². The second kappa shape index (κ2) is 5.24. The summed E-state index contributed by atoms with van der Waals surface area (Å²) >= 11 is 0. The fraction of sp³-hybridized carbons (Fsp3) is 0.375. The molecule has 5 nitrogen and oxygen atoms in total. The maximum atomic E-state index is 12.7. The molecule has 5 heteroatoms. The molecule has 2 amide bonds. The van der Waals surface area contributed by atoms with E-state index >= 15 is 0 Å². The predicted molar refractivity (Wildman–Crippen MR) is 80.7 cm³/mol. The van der Waals surface area contributed by atoms with Crippen LogP contribution in [0.5, 0.6) is 0 Å². The monoisotopic (exact) mass is 285 g/mol. The molecule has 0 bridgehead atoms. The first-order valence-electron chi connectivity index (χ1n) is 7.24. The van der Waals surface area contributed by atoms with E-state index in [2.05, 4.69) is 4.98 Å². The summed E-state index contributed by atoms with van der Waals surface area (Å²) in [5, 5.41) is 1.01. The van der Waals surface area contributed by atoms with Crippen LogP contribution in [0.15, 0.2) is 30.3 Å². The van der Waals surface area contributed by atoms with Crippen molar-refractivity contribution in [2.24, 2.45) is 11.7 Å². The largest absolute Gasteiger partial charge is 0.369 e. The predicted octanol–water partition coefficient (Wildman–Crippen LogP) is 1.89. The number of hydrogen-bond acceptors (Lipinski definition) is 2. The molecule has 0 aliphatic carbocycles. The first kappa shape index (κ1) is 13.7. The first-order chi connectivity index (χ1) is 10.1. The molecule has 110 valence electrons. The van der Waals surface area contributed by atoms with E-state index in [9.17, 15) is 9.59 Å². The van der Waals surface area contributed by atoms with Crippen LogP contribution in [0.3, 0.4) is 0 Å². The van der Waals surface area contributed by atoms with Crippen molar-refractivity contribution in [3.63, 3.8) is 0 Å². The van der Waals surface area contributed by atoms with Gasteiger partial charge < -0.3 is 15.6 Å². The number of benzene rings is 1. The van der Waals surface area contributed by atoms with Gasteiger partial charge in [0.2, 0.25) is 5.91 Å². The number of piperidine rings is 1. The summed E-state index contributed by atoms with van der Waals surface area (Å²) in [4.78, 5) is 29.0. The Morgan fingerprint density at radius 2 is 2.05 bits per heavy atom. The molecule has 1 saturated heterocycles. The van der Waals surface area contributed by atoms with Crippen molar-refractivity contribution in [3.8, 4) is 0 Å². The van der Waals surface area contributed by atoms with Gasteiger partial charge in [-0.3, -0.25) is 9.59 Å². The molecule has 1 fully saturated rings. The van der Waals surface area contributed by atoms with Crippen LogP contribution in [0.1, 0.15) is 30.3 Å². The maximum Gasteiger partial charge on any atom is 0.270 e. The summed E-state index contributed by atoms with van der Waals surface area (Å²) in [6, 6.07) is 9.76. The standard InChI is InChI=1S/C16H19N3O2/c1-10-6-7-12(15(17)20)9-19(10)16(21)14-8-11-4-2-3-5-13(11)18-14/h2-5,8,10,12,18H,6-7,9H2,1H3,(H2,17,20)/t10-,12+/m1/s1. The molecule has 1 aromatic heterocycles. The van der Waals surface area contributed by atoms with E-state index in [0.29, 0.717) is 12.2 Å². The van der Waals surface area contributed by atoms with Crippen LogP contribution in [0.4, 0.5) is 0 Å². The molecular weight excluding hydrogens is 266 g/mol. The topological polar surface area (TPSA) is 79.2 Å². The van der Waals surface area contributed by atoms with Crippen LogP contribution in [-0.4, -0.2) is 34.3 Å². The minimum absolute atomic E-state index is 0.0651. The number of aromatic amines is 1. The summed E-state index contributed by atoms with van der Waals surface area (Å²) in [5.74, 6) is -0.629. The third kappa shape index (κ3) is 2.51. The summed E-state index contributed by atoms with van der Waals surface area (Å²) in [6.07, 6.45) is 1.56. The number of nitrogens with zero attached hydrogens (tertiary/aromatic N) is 1. The van der Waals surface area contributed by atoms with E-state index in [1.165, 1.54) is 0 Å². The number of rotatable bonds is 2. The van der Waals surface area contributed by atoms with Crippen LogP contribution >= 0.6 is 0 Å². The molecule has 21 heavy (non-hydrogen) atoms. The lowest BCUT2D eigenvalue weighted by molar-refractivity contribution is -0.123. The smallest absolute Gasteiger partial charge is 0.270 e. The van der Waals surface area contributed by atoms with E-state index in [0.717, 1.165) is 23.7 Å². The van der Waals surface area contributed by atoms with E-state index < -0.39 is 0 Å². The number of carbonyl (C=O) groups excluding carboxylic acids is 2. The molecule has 3 N–H and O–H groups in total. The maximum absolute atomic E-state index is 12.7. The van der Waals surface area contributed by atoms with Gasteiger partial charge in [-0.1, -0.05) is 18.2 Å². The Kier molecular flexibility index (Phi) is 3.41. The number of nitrogens with one attached hydrogen (secondary N) is 1. The Bertz CT molecular complexity index is 659. The Labute approximate surface area is 123 Å². The molecule has 0 spiro atoms. The molecule has 0 saturated carbocycles. The van der Waals surface area contributed by atoms with Gasteiger partial charge in [0, 0.05) is 23.5 Å². The van der Waals surface area contributed by atoms with Gasteiger partial charge in [0.05, 0.1) is 5.92 Å². The van der Waals surface area contributed by atoms with E-state index in [-0.39, 0.29) is 23.8 Å². The first-order valence-corrected chi connectivity index (χ1v) is 7.24.